The molecule has 0 saturated heterocycles. The van der Waals surface area contributed by atoms with E-state index < -0.39 is 21.9 Å². The summed E-state index contributed by atoms with van der Waals surface area (Å²) in [6, 6.07) is 17.3. The minimum Gasteiger partial charge on any atom is -0.347 e. The lowest BCUT2D eigenvalue weighted by Crippen LogP contribution is -2.27. The van der Waals surface area contributed by atoms with E-state index in [1.807, 2.05) is 35.7 Å². The predicted octanol–water partition coefficient (Wildman–Crippen LogP) is 4.92. The zero-order chi connectivity index (χ0) is 25.1. The normalized spacial score (nSPS) is 14.9. The first-order valence-corrected chi connectivity index (χ1v) is 13.7. The number of amides is 1. The van der Waals surface area contributed by atoms with E-state index in [1.165, 1.54) is 12.1 Å². The molecular formula is C26H23FN4O3S2. The second-order valence-corrected chi connectivity index (χ2v) is 11.1. The van der Waals surface area contributed by atoms with E-state index in [4.69, 9.17) is 0 Å². The summed E-state index contributed by atoms with van der Waals surface area (Å²) in [5.74, 6) is -0.336. The summed E-state index contributed by atoms with van der Waals surface area (Å²) in [5.41, 5.74) is 2.99. The van der Waals surface area contributed by atoms with Gasteiger partial charge in [-0.1, -0.05) is 12.1 Å². The van der Waals surface area contributed by atoms with Crippen molar-refractivity contribution >= 4 is 38.8 Å². The van der Waals surface area contributed by atoms with Crippen LogP contribution in [0.3, 0.4) is 0 Å². The molecule has 7 nitrogen and oxygen atoms in total. The Morgan fingerprint density at radius 2 is 1.92 bits per heavy atom. The van der Waals surface area contributed by atoms with Gasteiger partial charge in [-0.25, -0.2) is 22.5 Å². The molecule has 5 rings (SSSR count). The van der Waals surface area contributed by atoms with Gasteiger partial charge in [0, 0.05) is 22.8 Å². The fourth-order valence-electron chi connectivity index (χ4n) is 4.17. The third-order valence-corrected chi connectivity index (χ3v) is 8.33. The number of fused-ring (bicyclic) bond motifs is 1. The Morgan fingerprint density at radius 3 is 2.69 bits per heavy atom. The third-order valence-electron chi connectivity index (χ3n) is 5.96. The number of aromatic nitrogens is 1. The number of hydrogen-bond donors (Lipinski definition) is 3. The molecule has 2 heterocycles. The largest absolute Gasteiger partial charge is 0.347 e. The van der Waals surface area contributed by atoms with Gasteiger partial charge in [0.15, 0.2) is 0 Å². The van der Waals surface area contributed by atoms with E-state index in [0.29, 0.717) is 30.0 Å². The lowest BCUT2D eigenvalue weighted by Gasteiger charge is -2.16. The van der Waals surface area contributed by atoms with Crippen LogP contribution in [0.25, 0.3) is 0 Å². The molecule has 0 spiro atoms. The first kappa shape index (κ1) is 24.1. The number of sulfonamides is 1. The molecule has 4 aromatic rings. The van der Waals surface area contributed by atoms with Crippen molar-refractivity contribution in [3.8, 4) is 0 Å². The van der Waals surface area contributed by atoms with E-state index in [1.54, 1.807) is 29.7 Å². The Kier molecular flexibility index (Phi) is 6.82. The Hall–Kier alpha value is -3.60. The van der Waals surface area contributed by atoms with Gasteiger partial charge < -0.3 is 10.6 Å². The maximum absolute atomic E-state index is 13.2. The molecule has 1 atom stereocenters. The Bertz CT molecular complexity index is 1490. The maximum atomic E-state index is 13.2. The Balaban J connectivity index is 1.33. The molecule has 1 aliphatic rings. The fourth-order valence-corrected chi connectivity index (χ4v) is 6.07. The van der Waals surface area contributed by atoms with Crippen molar-refractivity contribution in [2.24, 2.45) is 0 Å². The van der Waals surface area contributed by atoms with Crippen LogP contribution < -0.4 is 15.4 Å². The maximum Gasteiger partial charge on any atom is 0.255 e. The first-order valence-electron chi connectivity index (χ1n) is 11.3. The number of nitrogens with zero attached hydrogens (tertiary/aromatic N) is 1. The van der Waals surface area contributed by atoms with Crippen LogP contribution in [-0.4, -0.2) is 19.3 Å². The number of anilines is 2. The van der Waals surface area contributed by atoms with Crippen molar-refractivity contribution in [3.05, 3.63) is 106 Å². The minimum absolute atomic E-state index is 0.0123. The third kappa shape index (κ3) is 5.30. The fraction of sp³-hybridized carbons (Fsp3) is 0.154. The average Bonchev–Trinajstić information content (AvgIpc) is 3.53. The van der Waals surface area contributed by atoms with Gasteiger partial charge in [0.1, 0.15) is 11.6 Å². The number of aryl methyl sites for hydroxylation is 1. The molecule has 1 unspecified atom stereocenters. The molecule has 10 heteroatoms. The van der Waals surface area contributed by atoms with E-state index in [9.17, 15) is 17.6 Å². The summed E-state index contributed by atoms with van der Waals surface area (Å²) < 4.78 is 41.7. The summed E-state index contributed by atoms with van der Waals surface area (Å²) in [4.78, 5) is 18.2. The zero-order valence-corrected chi connectivity index (χ0v) is 20.7. The van der Waals surface area contributed by atoms with Gasteiger partial charge in [-0.3, -0.25) is 4.79 Å². The molecule has 2 aromatic carbocycles. The van der Waals surface area contributed by atoms with Gasteiger partial charge >= 0.3 is 0 Å². The number of carbonyl (C=O) groups is 1. The second kappa shape index (κ2) is 10.2. The topological polar surface area (TPSA) is 100 Å². The number of halogens is 1. The van der Waals surface area contributed by atoms with Crippen molar-refractivity contribution in [1.82, 2.24) is 15.0 Å². The number of thiophene rings is 1. The minimum atomic E-state index is -3.82. The van der Waals surface area contributed by atoms with E-state index >= 15 is 0 Å². The van der Waals surface area contributed by atoms with Crippen LogP contribution in [0.4, 0.5) is 15.9 Å². The average molecular weight is 523 g/mol. The number of rotatable bonds is 8. The number of pyridine rings is 1. The summed E-state index contributed by atoms with van der Waals surface area (Å²) in [5, 5.41) is 8.08. The number of carbonyl (C=O) groups excluding carboxylic acids is 1. The van der Waals surface area contributed by atoms with Crippen molar-refractivity contribution < 1.29 is 17.6 Å². The van der Waals surface area contributed by atoms with Gasteiger partial charge in [0.05, 0.1) is 17.0 Å². The van der Waals surface area contributed by atoms with Crippen molar-refractivity contribution in [1.29, 1.82) is 0 Å². The van der Waals surface area contributed by atoms with Crippen molar-refractivity contribution in [2.75, 3.05) is 5.32 Å². The molecule has 2 aromatic heterocycles. The smallest absolute Gasteiger partial charge is 0.255 e. The van der Waals surface area contributed by atoms with E-state index in [0.717, 1.165) is 34.6 Å². The van der Waals surface area contributed by atoms with Crippen LogP contribution in [0.1, 0.15) is 38.8 Å². The van der Waals surface area contributed by atoms with Gasteiger partial charge in [-0.05, 0) is 83.9 Å². The number of hydrogen-bond acceptors (Lipinski definition) is 6. The van der Waals surface area contributed by atoms with Crippen LogP contribution in [-0.2, 0) is 23.0 Å². The summed E-state index contributed by atoms with van der Waals surface area (Å²) >= 11 is 1.57. The molecule has 0 radical (unpaired) electrons. The second-order valence-electron chi connectivity index (χ2n) is 8.37. The van der Waals surface area contributed by atoms with E-state index in [-0.39, 0.29) is 10.8 Å². The molecule has 0 aliphatic heterocycles. The quantitative estimate of drug-likeness (QED) is 0.305. The molecular weight excluding hydrogens is 499 g/mol. The van der Waals surface area contributed by atoms with Crippen LogP contribution in [0.5, 0.6) is 0 Å². The monoisotopic (exact) mass is 522 g/mol. The van der Waals surface area contributed by atoms with Gasteiger partial charge in [-0.15, -0.1) is 11.3 Å². The highest BCUT2D eigenvalue weighted by atomic mass is 32.2. The summed E-state index contributed by atoms with van der Waals surface area (Å²) in [7, 11) is -3.82. The van der Waals surface area contributed by atoms with Crippen molar-refractivity contribution in [3.63, 3.8) is 0 Å². The SMILES string of the molecule is O=C(NCc1cccs1)c1cccnc1Nc1ccc2c(c1)C(NS(=O)(=O)c1ccc(F)cc1)CC2. The molecule has 0 fully saturated rings. The molecule has 36 heavy (non-hydrogen) atoms. The van der Waals surface area contributed by atoms with Crippen LogP contribution in [0.2, 0.25) is 0 Å². The van der Waals surface area contributed by atoms with Gasteiger partial charge in [0.25, 0.3) is 5.91 Å². The van der Waals surface area contributed by atoms with Gasteiger partial charge in [-0.2, -0.15) is 0 Å². The zero-order valence-electron chi connectivity index (χ0n) is 19.1. The predicted molar refractivity (Wildman–Crippen MR) is 137 cm³/mol. The lowest BCUT2D eigenvalue weighted by atomic mass is 10.1. The van der Waals surface area contributed by atoms with Crippen LogP contribution >= 0.6 is 11.3 Å². The molecule has 0 saturated carbocycles. The molecule has 1 aliphatic carbocycles. The Morgan fingerprint density at radius 1 is 1.08 bits per heavy atom. The lowest BCUT2D eigenvalue weighted by molar-refractivity contribution is 0.0952. The highest BCUT2D eigenvalue weighted by Crippen LogP contribution is 2.35. The molecule has 3 N–H and O–H groups in total. The molecule has 1 amide bonds. The first-order chi connectivity index (χ1) is 17.4. The molecule has 0 bridgehead atoms. The number of nitrogens with one attached hydrogen (secondary N) is 3. The standard InChI is InChI=1S/C26H23FN4O3S2/c27-18-7-10-21(11-8-18)36(33,34)31-24-12-6-17-5-9-19(15-23(17)24)30-25-22(4-1-13-28-25)26(32)29-16-20-3-2-14-35-20/h1-5,7-11,13-15,24,31H,6,12,16H2,(H,28,30)(H,29,32). The van der Waals surface area contributed by atoms with Crippen molar-refractivity contribution in [2.45, 2.75) is 30.3 Å². The van der Waals surface area contributed by atoms with Crippen LogP contribution in [0.15, 0.2) is 83.2 Å². The highest BCUT2D eigenvalue weighted by molar-refractivity contribution is 7.89. The van der Waals surface area contributed by atoms with Crippen LogP contribution in [0, 0.1) is 5.82 Å². The summed E-state index contributed by atoms with van der Waals surface area (Å²) in [6.07, 6.45) is 2.94. The molecule has 184 valence electrons. The van der Waals surface area contributed by atoms with E-state index in [2.05, 4.69) is 20.3 Å². The van der Waals surface area contributed by atoms with Gasteiger partial charge in [0.2, 0.25) is 10.0 Å². The summed E-state index contributed by atoms with van der Waals surface area (Å²) in [6.45, 7) is 0.430. The number of benzene rings is 2. The highest BCUT2D eigenvalue weighted by Gasteiger charge is 2.28. The Labute approximate surface area is 212 Å².